The van der Waals surface area contributed by atoms with Crippen LogP contribution in [-0.4, -0.2) is 18.5 Å². The maximum Gasteiger partial charge on any atom is 0.231 e. The summed E-state index contributed by atoms with van der Waals surface area (Å²) >= 11 is 5.31. The van der Waals surface area contributed by atoms with Gasteiger partial charge in [-0.05, 0) is 35.9 Å². The van der Waals surface area contributed by atoms with Gasteiger partial charge in [-0.15, -0.1) is 11.3 Å². The Morgan fingerprint density at radius 1 is 1.03 bits per heavy atom. The predicted molar refractivity (Wildman–Crippen MR) is 125 cm³/mol. The number of thiazole rings is 1. The lowest BCUT2D eigenvalue weighted by Gasteiger charge is -2.11. The standard InChI is InChI=1S/C24H19BrN2O3S/c1-28-18-6-4-5-17(12-18)26-24-27(13-16-9-10-22-23(11-16)30-15-29-22)21(14-31-24)19-7-2-3-8-20(19)25/h2-12,14H,13,15H2,1H3. The molecule has 0 saturated heterocycles. The number of rotatable bonds is 5. The molecule has 1 aliphatic heterocycles. The minimum Gasteiger partial charge on any atom is -0.497 e. The second-order valence-electron chi connectivity index (χ2n) is 6.97. The van der Waals surface area contributed by atoms with Crippen molar-refractivity contribution < 1.29 is 14.2 Å². The molecule has 0 N–H and O–H groups in total. The van der Waals surface area contributed by atoms with Crippen LogP contribution in [0.5, 0.6) is 17.2 Å². The highest BCUT2D eigenvalue weighted by atomic mass is 79.9. The summed E-state index contributed by atoms with van der Waals surface area (Å²) in [6, 6.07) is 22.1. The Bertz CT molecular complexity index is 1310. The smallest absolute Gasteiger partial charge is 0.231 e. The van der Waals surface area contributed by atoms with E-state index >= 15 is 0 Å². The van der Waals surface area contributed by atoms with E-state index in [1.54, 1.807) is 18.4 Å². The van der Waals surface area contributed by atoms with Crippen LogP contribution in [0.15, 0.2) is 81.6 Å². The molecule has 7 heteroatoms. The lowest BCUT2D eigenvalue weighted by atomic mass is 10.1. The third-order valence-electron chi connectivity index (χ3n) is 5.00. The molecule has 0 fully saturated rings. The Kier molecular flexibility index (Phi) is 5.53. The Balaban J connectivity index is 1.63. The van der Waals surface area contributed by atoms with Crippen molar-refractivity contribution in [1.29, 1.82) is 0 Å². The first-order valence-corrected chi connectivity index (χ1v) is 11.4. The Morgan fingerprint density at radius 2 is 1.90 bits per heavy atom. The van der Waals surface area contributed by atoms with E-state index in [-0.39, 0.29) is 6.79 Å². The van der Waals surface area contributed by atoms with Crippen molar-refractivity contribution in [2.24, 2.45) is 4.99 Å². The molecule has 0 unspecified atom stereocenters. The topological polar surface area (TPSA) is 45.0 Å². The van der Waals surface area contributed by atoms with Crippen LogP contribution in [0.4, 0.5) is 5.69 Å². The Hall–Kier alpha value is -3.03. The summed E-state index contributed by atoms with van der Waals surface area (Å²) in [4.78, 5) is 5.82. The largest absolute Gasteiger partial charge is 0.497 e. The molecule has 0 bridgehead atoms. The first-order chi connectivity index (χ1) is 15.2. The zero-order chi connectivity index (χ0) is 21.2. The second kappa shape index (κ2) is 8.61. The lowest BCUT2D eigenvalue weighted by Crippen LogP contribution is -2.16. The second-order valence-corrected chi connectivity index (χ2v) is 8.66. The molecule has 0 atom stereocenters. The number of fused-ring (bicyclic) bond motifs is 1. The third kappa shape index (κ3) is 4.11. The van der Waals surface area contributed by atoms with Crippen molar-refractivity contribution in [1.82, 2.24) is 4.57 Å². The number of ether oxygens (including phenoxy) is 3. The normalized spacial score (nSPS) is 12.9. The highest BCUT2D eigenvalue weighted by Gasteiger charge is 2.16. The van der Waals surface area contributed by atoms with E-state index in [0.717, 1.165) is 49.0 Å². The number of methoxy groups -OCH3 is 1. The van der Waals surface area contributed by atoms with Crippen LogP contribution in [0, 0.1) is 0 Å². The van der Waals surface area contributed by atoms with Crippen LogP contribution in [0.3, 0.4) is 0 Å². The quantitative estimate of drug-likeness (QED) is 0.341. The van der Waals surface area contributed by atoms with E-state index in [4.69, 9.17) is 19.2 Å². The molecule has 0 amide bonds. The number of benzene rings is 3. The molecular formula is C24H19BrN2O3S. The summed E-state index contributed by atoms with van der Waals surface area (Å²) in [5.74, 6) is 2.35. The minimum atomic E-state index is 0.267. The molecule has 1 aromatic heterocycles. The summed E-state index contributed by atoms with van der Waals surface area (Å²) < 4.78 is 19.7. The zero-order valence-electron chi connectivity index (χ0n) is 16.7. The average molecular weight is 495 g/mol. The summed E-state index contributed by atoms with van der Waals surface area (Å²) in [5.41, 5.74) is 4.17. The van der Waals surface area contributed by atoms with Gasteiger partial charge in [0.2, 0.25) is 6.79 Å². The number of hydrogen-bond acceptors (Lipinski definition) is 5. The average Bonchev–Trinajstić information content (AvgIpc) is 3.41. The van der Waals surface area contributed by atoms with Gasteiger partial charge < -0.3 is 18.8 Å². The highest BCUT2D eigenvalue weighted by molar-refractivity contribution is 9.10. The molecule has 0 saturated carbocycles. The van der Waals surface area contributed by atoms with Gasteiger partial charge in [0.1, 0.15) is 5.75 Å². The molecule has 4 aromatic rings. The number of halogens is 1. The molecule has 5 rings (SSSR count). The summed E-state index contributed by atoms with van der Waals surface area (Å²) in [6.07, 6.45) is 0. The van der Waals surface area contributed by atoms with Crippen molar-refractivity contribution in [2.45, 2.75) is 6.54 Å². The fourth-order valence-corrected chi connectivity index (χ4v) is 4.88. The first kappa shape index (κ1) is 19.9. The molecular weight excluding hydrogens is 476 g/mol. The maximum absolute atomic E-state index is 5.57. The van der Waals surface area contributed by atoms with Crippen LogP contribution in [0.25, 0.3) is 11.3 Å². The number of nitrogens with zero attached hydrogens (tertiary/aromatic N) is 2. The van der Waals surface area contributed by atoms with Crippen LogP contribution >= 0.6 is 27.3 Å². The molecule has 0 aliphatic carbocycles. The zero-order valence-corrected chi connectivity index (χ0v) is 19.2. The van der Waals surface area contributed by atoms with Crippen molar-refractivity contribution in [3.8, 4) is 28.5 Å². The molecule has 31 heavy (non-hydrogen) atoms. The summed E-state index contributed by atoms with van der Waals surface area (Å²) in [6.45, 7) is 0.919. The van der Waals surface area contributed by atoms with E-state index in [1.165, 1.54) is 0 Å². The van der Waals surface area contributed by atoms with Crippen molar-refractivity contribution >= 4 is 33.0 Å². The van der Waals surface area contributed by atoms with Crippen molar-refractivity contribution in [3.63, 3.8) is 0 Å². The first-order valence-electron chi connectivity index (χ1n) is 9.72. The molecule has 0 spiro atoms. The fourth-order valence-electron chi connectivity index (χ4n) is 3.47. The van der Waals surface area contributed by atoms with E-state index < -0.39 is 0 Å². The molecule has 156 valence electrons. The van der Waals surface area contributed by atoms with Gasteiger partial charge >= 0.3 is 0 Å². The number of hydrogen-bond donors (Lipinski definition) is 0. The van der Waals surface area contributed by atoms with Crippen LogP contribution in [0.1, 0.15) is 5.56 Å². The van der Waals surface area contributed by atoms with Crippen LogP contribution in [0.2, 0.25) is 0 Å². The minimum absolute atomic E-state index is 0.267. The summed E-state index contributed by atoms with van der Waals surface area (Å²) in [7, 11) is 1.66. The predicted octanol–water partition coefficient (Wildman–Crippen LogP) is 6.00. The molecule has 0 radical (unpaired) electrons. The van der Waals surface area contributed by atoms with Gasteiger partial charge in [-0.1, -0.05) is 46.3 Å². The maximum atomic E-state index is 5.57. The van der Waals surface area contributed by atoms with E-state index in [0.29, 0.717) is 6.54 Å². The number of aromatic nitrogens is 1. The molecule has 5 nitrogen and oxygen atoms in total. The Labute approximate surface area is 192 Å². The van der Waals surface area contributed by atoms with Gasteiger partial charge in [0, 0.05) is 21.5 Å². The molecule has 1 aliphatic rings. The van der Waals surface area contributed by atoms with Gasteiger partial charge in [-0.3, -0.25) is 0 Å². The van der Waals surface area contributed by atoms with Crippen LogP contribution < -0.4 is 19.0 Å². The van der Waals surface area contributed by atoms with Gasteiger partial charge in [-0.25, -0.2) is 4.99 Å². The van der Waals surface area contributed by atoms with Crippen molar-refractivity contribution in [2.75, 3.05) is 13.9 Å². The van der Waals surface area contributed by atoms with Gasteiger partial charge in [0.05, 0.1) is 25.0 Å². The van der Waals surface area contributed by atoms with E-state index in [1.807, 2.05) is 48.5 Å². The molecule has 3 aromatic carbocycles. The lowest BCUT2D eigenvalue weighted by molar-refractivity contribution is 0.174. The molecule has 2 heterocycles. The summed E-state index contributed by atoms with van der Waals surface area (Å²) in [5, 5.41) is 2.14. The monoisotopic (exact) mass is 494 g/mol. The van der Waals surface area contributed by atoms with Gasteiger partial charge in [0.25, 0.3) is 0 Å². The fraction of sp³-hybridized carbons (Fsp3) is 0.125. The van der Waals surface area contributed by atoms with Gasteiger partial charge in [0.15, 0.2) is 16.3 Å². The third-order valence-corrected chi connectivity index (χ3v) is 6.56. The van der Waals surface area contributed by atoms with Crippen LogP contribution in [-0.2, 0) is 6.54 Å². The van der Waals surface area contributed by atoms with Gasteiger partial charge in [-0.2, -0.15) is 0 Å². The van der Waals surface area contributed by atoms with Crippen molar-refractivity contribution in [3.05, 3.63) is 86.9 Å². The Morgan fingerprint density at radius 3 is 2.77 bits per heavy atom. The SMILES string of the molecule is COc1cccc(N=c2scc(-c3ccccc3Br)n2Cc2ccc3c(c2)OCO3)c1. The highest BCUT2D eigenvalue weighted by Crippen LogP contribution is 2.34. The van der Waals surface area contributed by atoms with E-state index in [2.05, 4.69) is 44.1 Å². The van der Waals surface area contributed by atoms with E-state index in [9.17, 15) is 0 Å².